The van der Waals surface area contributed by atoms with Gasteiger partial charge in [0.2, 0.25) is 0 Å². The minimum atomic E-state index is -1.58. The Labute approximate surface area is 260 Å². The Bertz CT molecular complexity index is 948. The molecule has 0 N–H and O–H groups in total. The van der Waals surface area contributed by atoms with Crippen molar-refractivity contribution >= 4 is 17.9 Å². The smallest absolute Gasteiger partial charge is 0.0699 e. The summed E-state index contributed by atoms with van der Waals surface area (Å²) in [7, 11) is -1.58. The number of hydrogen-bond acceptors (Lipinski definition) is 0. The molecule has 0 heterocycles. The van der Waals surface area contributed by atoms with E-state index in [4.69, 9.17) is 6.66 Å². The Hall–Kier alpha value is -0.715. The molecule has 0 amide bonds. The first-order chi connectivity index (χ1) is 15.4. The van der Waals surface area contributed by atoms with Gasteiger partial charge in [0, 0.05) is 35.6 Å². The molecular formula is C35H52LaP-3. The van der Waals surface area contributed by atoms with Crippen LogP contribution in [-0.4, -0.2) is 5.66 Å². The van der Waals surface area contributed by atoms with Crippen LogP contribution >= 0.6 is 7.26 Å². The Kier molecular flexibility index (Phi) is 16.4. The third kappa shape index (κ3) is 9.76. The standard InChI is InChI=1S/C22H29P.C10H14.3CH3.La/c1-22(2,3)18-15-16-21(17-18)23(4,19-11-7-5-8-12-19)20-13-9-6-10-14-20;1-8-5-6-9(7-8)10(2,3)4;;;;/h5-14,18,21H,4,15-17H2,1-3H3;5-7H,1H2,2-4H3;3*1H3;/q;;3*-1;. The molecule has 1 radical (unpaired) electrons. The van der Waals surface area contributed by atoms with Gasteiger partial charge in [-0.15, -0.1) is 0 Å². The average Bonchev–Trinajstić information content (AvgIpc) is 3.44. The summed E-state index contributed by atoms with van der Waals surface area (Å²) in [6.07, 6.45) is 10.3. The summed E-state index contributed by atoms with van der Waals surface area (Å²) in [5, 5.41) is 2.93. The van der Waals surface area contributed by atoms with Crippen molar-refractivity contribution in [2.75, 3.05) is 0 Å². The minimum absolute atomic E-state index is 0. The third-order valence-electron chi connectivity index (χ3n) is 7.37. The summed E-state index contributed by atoms with van der Waals surface area (Å²) in [6.45, 7) is 22.6. The second-order valence-corrected chi connectivity index (χ2v) is 15.3. The molecule has 2 aliphatic carbocycles. The van der Waals surface area contributed by atoms with Gasteiger partial charge in [-0.3, -0.25) is 0 Å². The quantitative estimate of drug-likeness (QED) is 0.231. The molecule has 2 unspecified atom stereocenters. The van der Waals surface area contributed by atoms with Crippen LogP contribution < -0.4 is 10.6 Å². The van der Waals surface area contributed by atoms with E-state index in [1.807, 2.05) is 0 Å². The molecule has 0 aromatic heterocycles. The molecule has 0 nitrogen and oxygen atoms in total. The summed E-state index contributed by atoms with van der Waals surface area (Å²) >= 11 is 0. The molecule has 0 spiro atoms. The molecule has 4 rings (SSSR count). The van der Waals surface area contributed by atoms with Gasteiger partial charge in [0.1, 0.15) is 0 Å². The molecule has 2 heteroatoms. The van der Waals surface area contributed by atoms with Crippen LogP contribution in [0.5, 0.6) is 0 Å². The predicted octanol–water partition coefficient (Wildman–Crippen LogP) is 10.1. The van der Waals surface area contributed by atoms with E-state index in [1.165, 1.54) is 35.4 Å². The number of rotatable bonds is 3. The molecule has 0 bridgehead atoms. The van der Waals surface area contributed by atoms with Crippen LogP contribution in [0.3, 0.4) is 0 Å². The van der Waals surface area contributed by atoms with E-state index < -0.39 is 7.26 Å². The van der Waals surface area contributed by atoms with Gasteiger partial charge in [0.25, 0.3) is 0 Å². The fraction of sp³-hybridized carbons (Fsp3) is 0.371. The first-order valence-electron chi connectivity index (χ1n) is 12.4. The van der Waals surface area contributed by atoms with Gasteiger partial charge in [0.05, 0.1) is 16.3 Å². The Morgan fingerprint density at radius 3 is 1.51 bits per heavy atom. The first-order valence-corrected chi connectivity index (χ1v) is 14.4. The van der Waals surface area contributed by atoms with Gasteiger partial charge in [0.15, 0.2) is 0 Å². The molecule has 203 valence electrons. The second kappa shape index (κ2) is 15.8. The van der Waals surface area contributed by atoms with Gasteiger partial charge < -0.3 is 22.3 Å². The van der Waals surface area contributed by atoms with Crippen molar-refractivity contribution in [3.8, 4) is 0 Å². The van der Waals surface area contributed by atoms with Crippen molar-refractivity contribution in [2.24, 2.45) is 16.7 Å². The minimum Gasteiger partial charge on any atom is -0.358 e. The third-order valence-corrected chi connectivity index (χ3v) is 11.5. The molecule has 2 aliphatic rings. The van der Waals surface area contributed by atoms with Crippen molar-refractivity contribution in [2.45, 2.75) is 66.5 Å². The molecule has 1 fully saturated rings. The maximum atomic E-state index is 4.92. The topological polar surface area (TPSA) is 0 Å². The van der Waals surface area contributed by atoms with Crippen LogP contribution in [0, 0.1) is 81.3 Å². The average molecular weight is 643 g/mol. The molecular weight excluding hydrogens is 590 g/mol. The molecule has 37 heavy (non-hydrogen) atoms. The van der Waals surface area contributed by atoms with Crippen LogP contribution in [0.15, 0.2) is 96.6 Å². The van der Waals surface area contributed by atoms with E-state index >= 15 is 0 Å². The summed E-state index contributed by atoms with van der Waals surface area (Å²) in [4.78, 5) is 0. The van der Waals surface area contributed by atoms with Gasteiger partial charge in [-0.2, -0.15) is 6.66 Å². The molecule has 0 aliphatic heterocycles. The van der Waals surface area contributed by atoms with Crippen LogP contribution in [0.4, 0.5) is 0 Å². The maximum Gasteiger partial charge on any atom is 0.0699 e. The number of benzene rings is 2. The SMILES string of the molecule is C=C1C=CC(C(C)(C)C)=C1.[CH2-][P+](c1ccccc1)(c1ccccc1)C1CCC(C(C)(C)C)C1.[CH3-].[CH3-].[CH3-].[La]. The predicted molar refractivity (Wildman–Crippen MR) is 170 cm³/mol. The van der Waals surface area contributed by atoms with Crippen molar-refractivity contribution in [1.29, 1.82) is 0 Å². The first kappa shape index (κ1) is 38.4. The number of allylic oxidation sites excluding steroid dienone is 5. The van der Waals surface area contributed by atoms with Gasteiger partial charge in [-0.05, 0) is 71.4 Å². The molecule has 2 aromatic carbocycles. The van der Waals surface area contributed by atoms with Gasteiger partial charge in [-0.1, -0.05) is 110 Å². The van der Waals surface area contributed by atoms with E-state index in [0.29, 0.717) is 5.41 Å². The Morgan fingerprint density at radius 1 is 0.757 bits per heavy atom. The van der Waals surface area contributed by atoms with E-state index in [1.54, 1.807) is 0 Å². The zero-order valence-electron chi connectivity index (χ0n) is 25.2. The molecule has 0 saturated heterocycles. The largest absolute Gasteiger partial charge is 0.358 e. The van der Waals surface area contributed by atoms with Crippen molar-refractivity contribution < 1.29 is 35.6 Å². The summed E-state index contributed by atoms with van der Waals surface area (Å²) in [5.74, 6) is 0.820. The van der Waals surface area contributed by atoms with Crippen LogP contribution in [0.1, 0.15) is 60.8 Å². The van der Waals surface area contributed by atoms with Crippen molar-refractivity contribution in [3.05, 3.63) is 126 Å². The fourth-order valence-electron chi connectivity index (χ4n) is 5.06. The summed E-state index contributed by atoms with van der Waals surface area (Å²) < 4.78 is 0. The zero-order chi connectivity index (χ0) is 24.3. The van der Waals surface area contributed by atoms with E-state index in [9.17, 15) is 0 Å². The maximum absolute atomic E-state index is 4.92. The molecule has 1 saturated carbocycles. The van der Waals surface area contributed by atoms with E-state index in [0.717, 1.165) is 17.2 Å². The van der Waals surface area contributed by atoms with Crippen LogP contribution in [0.2, 0.25) is 0 Å². The van der Waals surface area contributed by atoms with Crippen LogP contribution in [-0.2, 0) is 0 Å². The van der Waals surface area contributed by atoms with Crippen molar-refractivity contribution in [1.82, 2.24) is 0 Å². The monoisotopic (exact) mass is 642 g/mol. The second-order valence-electron chi connectivity index (χ2n) is 11.8. The van der Waals surface area contributed by atoms with Gasteiger partial charge in [-0.25, -0.2) is 0 Å². The Balaban J connectivity index is 0. The Morgan fingerprint density at radius 2 is 1.22 bits per heavy atom. The zero-order valence-corrected chi connectivity index (χ0v) is 29.7. The summed E-state index contributed by atoms with van der Waals surface area (Å²) in [6, 6.07) is 22.1. The van der Waals surface area contributed by atoms with E-state index in [2.05, 4.69) is 127 Å². The van der Waals surface area contributed by atoms with Gasteiger partial charge >= 0.3 is 0 Å². The van der Waals surface area contributed by atoms with Crippen molar-refractivity contribution in [3.63, 3.8) is 0 Å². The molecule has 2 atom stereocenters. The fourth-order valence-corrected chi connectivity index (χ4v) is 8.82. The van der Waals surface area contributed by atoms with E-state index in [-0.39, 0.29) is 63.3 Å². The summed E-state index contributed by atoms with van der Waals surface area (Å²) in [5.41, 5.74) is 3.89. The molecule has 2 aromatic rings. The normalized spacial score (nSPS) is 18.7. The van der Waals surface area contributed by atoms with Crippen LogP contribution in [0.25, 0.3) is 0 Å². The number of hydrogen-bond donors (Lipinski definition) is 0.